The van der Waals surface area contributed by atoms with Gasteiger partial charge in [0.15, 0.2) is 0 Å². The van der Waals surface area contributed by atoms with Crippen LogP contribution in [0.2, 0.25) is 0 Å². The van der Waals surface area contributed by atoms with Crippen molar-refractivity contribution in [1.29, 1.82) is 0 Å². The number of amides is 2. The normalized spacial score (nSPS) is 14.6. The predicted octanol–water partition coefficient (Wildman–Crippen LogP) is 1.30. The van der Waals surface area contributed by atoms with Gasteiger partial charge in [0, 0.05) is 38.4 Å². The van der Waals surface area contributed by atoms with Crippen molar-refractivity contribution in [3.63, 3.8) is 0 Å². The van der Waals surface area contributed by atoms with Gasteiger partial charge in [-0.1, -0.05) is 12.1 Å². The third-order valence-corrected chi connectivity index (χ3v) is 4.68. The Kier molecular flexibility index (Phi) is 5.90. The van der Waals surface area contributed by atoms with E-state index in [1.807, 2.05) is 29.2 Å². The SMILES string of the molecule is COc1ccc(CC(=O)N2CCCN(C(=O)c3ccc(=O)[nH]c3)CC2)cc1. The lowest BCUT2D eigenvalue weighted by Crippen LogP contribution is -2.38. The van der Waals surface area contributed by atoms with E-state index in [1.54, 1.807) is 12.0 Å². The summed E-state index contributed by atoms with van der Waals surface area (Å²) in [5, 5.41) is 0. The van der Waals surface area contributed by atoms with E-state index in [9.17, 15) is 14.4 Å². The quantitative estimate of drug-likeness (QED) is 0.881. The van der Waals surface area contributed by atoms with Crippen LogP contribution < -0.4 is 10.3 Å². The van der Waals surface area contributed by atoms with Crippen LogP contribution in [0.4, 0.5) is 0 Å². The van der Waals surface area contributed by atoms with Gasteiger partial charge in [-0.15, -0.1) is 0 Å². The summed E-state index contributed by atoms with van der Waals surface area (Å²) in [6.07, 6.45) is 2.49. The summed E-state index contributed by atoms with van der Waals surface area (Å²) in [6, 6.07) is 10.3. The van der Waals surface area contributed by atoms with Crippen molar-refractivity contribution < 1.29 is 14.3 Å². The summed E-state index contributed by atoms with van der Waals surface area (Å²) in [5.74, 6) is 0.687. The first kappa shape index (κ1) is 18.7. The fraction of sp³-hybridized carbons (Fsp3) is 0.350. The van der Waals surface area contributed by atoms with E-state index in [0.29, 0.717) is 38.2 Å². The van der Waals surface area contributed by atoms with E-state index < -0.39 is 0 Å². The Morgan fingerprint density at radius 2 is 1.70 bits per heavy atom. The number of nitrogens with one attached hydrogen (secondary N) is 1. The van der Waals surface area contributed by atoms with E-state index >= 15 is 0 Å². The fourth-order valence-electron chi connectivity index (χ4n) is 3.13. The number of nitrogens with zero attached hydrogens (tertiary/aromatic N) is 2. The highest BCUT2D eigenvalue weighted by atomic mass is 16.5. The molecule has 2 heterocycles. The Morgan fingerprint density at radius 1 is 1.00 bits per heavy atom. The molecule has 27 heavy (non-hydrogen) atoms. The molecular weight excluding hydrogens is 346 g/mol. The molecule has 1 aromatic carbocycles. The molecule has 0 radical (unpaired) electrons. The molecule has 0 spiro atoms. The average molecular weight is 369 g/mol. The van der Waals surface area contributed by atoms with Crippen LogP contribution in [-0.2, 0) is 11.2 Å². The highest BCUT2D eigenvalue weighted by molar-refractivity contribution is 5.94. The van der Waals surface area contributed by atoms with Crippen molar-refractivity contribution in [2.75, 3.05) is 33.3 Å². The second-order valence-electron chi connectivity index (χ2n) is 6.49. The van der Waals surface area contributed by atoms with Crippen molar-refractivity contribution in [3.8, 4) is 5.75 Å². The van der Waals surface area contributed by atoms with Gasteiger partial charge in [0.25, 0.3) is 5.91 Å². The van der Waals surface area contributed by atoms with Crippen molar-refractivity contribution in [2.24, 2.45) is 0 Å². The molecule has 0 atom stereocenters. The second kappa shape index (κ2) is 8.53. The number of carbonyl (C=O) groups excluding carboxylic acids is 2. The Bertz CT molecular complexity index is 840. The molecule has 7 heteroatoms. The molecular formula is C20H23N3O4. The van der Waals surface area contributed by atoms with E-state index in [4.69, 9.17) is 4.74 Å². The zero-order chi connectivity index (χ0) is 19.2. The van der Waals surface area contributed by atoms with Gasteiger partial charge < -0.3 is 19.5 Å². The number of pyridine rings is 1. The van der Waals surface area contributed by atoms with E-state index in [0.717, 1.165) is 17.7 Å². The van der Waals surface area contributed by atoms with Crippen LogP contribution in [0.1, 0.15) is 22.3 Å². The smallest absolute Gasteiger partial charge is 0.255 e. The molecule has 0 saturated carbocycles. The minimum Gasteiger partial charge on any atom is -0.497 e. The monoisotopic (exact) mass is 369 g/mol. The minimum absolute atomic E-state index is 0.0542. The van der Waals surface area contributed by atoms with Gasteiger partial charge >= 0.3 is 0 Å². The predicted molar refractivity (Wildman–Crippen MR) is 101 cm³/mol. The first-order valence-electron chi connectivity index (χ1n) is 8.95. The molecule has 1 saturated heterocycles. The van der Waals surface area contributed by atoms with Gasteiger partial charge in [-0.2, -0.15) is 0 Å². The Labute approximate surface area is 157 Å². The zero-order valence-corrected chi connectivity index (χ0v) is 15.3. The molecule has 3 rings (SSSR count). The standard InChI is InChI=1S/C20H23N3O4/c1-27-17-6-3-15(4-7-17)13-19(25)22-9-2-10-23(12-11-22)20(26)16-5-8-18(24)21-14-16/h3-8,14H,2,9-13H2,1H3,(H,21,24). The molecule has 0 bridgehead atoms. The lowest BCUT2D eigenvalue weighted by Gasteiger charge is -2.22. The average Bonchev–Trinajstić information content (AvgIpc) is 2.95. The van der Waals surface area contributed by atoms with Crippen LogP contribution in [0.3, 0.4) is 0 Å². The van der Waals surface area contributed by atoms with Crippen LogP contribution in [0.5, 0.6) is 5.75 Å². The van der Waals surface area contributed by atoms with Crippen LogP contribution in [-0.4, -0.2) is 59.9 Å². The number of hydrogen-bond acceptors (Lipinski definition) is 4. The number of hydrogen-bond donors (Lipinski definition) is 1. The summed E-state index contributed by atoms with van der Waals surface area (Å²) in [4.78, 5) is 42.4. The molecule has 2 amide bonds. The largest absolute Gasteiger partial charge is 0.497 e. The highest BCUT2D eigenvalue weighted by Gasteiger charge is 2.23. The summed E-state index contributed by atoms with van der Waals surface area (Å²) >= 11 is 0. The summed E-state index contributed by atoms with van der Waals surface area (Å²) < 4.78 is 5.13. The molecule has 142 valence electrons. The molecule has 1 fully saturated rings. The Hall–Kier alpha value is -3.09. The van der Waals surface area contributed by atoms with Crippen molar-refractivity contribution >= 4 is 11.8 Å². The third-order valence-electron chi connectivity index (χ3n) is 4.68. The lowest BCUT2D eigenvalue weighted by atomic mass is 10.1. The number of benzene rings is 1. The molecule has 0 unspecified atom stereocenters. The van der Waals surface area contributed by atoms with Gasteiger partial charge in [0.05, 0.1) is 19.1 Å². The Morgan fingerprint density at radius 3 is 2.37 bits per heavy atom. The summed E-state index contributed by atoms with van der Waals surface area (Å²) in [6.45, 7) is 2.20. The van der Waals surface area contributed by atoms with Gasteiger partial charge in [-0.05, 0) is 30.2 Å². The van der Waals surface area contributed by atoms with Gasteiger partial charge in [-0.25, -0.2) is 0 Å². The number of carbonyl (C=O) groups is 2. The topological polar surface area (TPSA) is 82.7 Å². The summed E-state index contributed by atoms with van der Waals surface area (Å²) in [7, 11) is 1.61. The van der Waals surface area contributed by atoms with Crippen molar-refractivity contribution in [3.05, 3.63) is 64.1 Å². The first-order valence-corrected chi connectivity index (χ1v) is 8.95. The van der Waals surface area contributed by atoms with Crippen LogP contribution in [0, 0.1) is 0 Å². The fourth-order valence-corrected chi connectivity index (χ4v) is 3.13. The van der Waals surface area contributed by atoms with E-state index in [-0.39, 0.29) is 17.4 Å². The number of aromatic amines is 1. The van der Waals surface area contributed by atoms with Crippen LogP contribution in [0.15, 0.2) is 47.4 Å². The maximum atomic E-state index is 12.6. The third kappa shape index (κ3) is 4.75. The van der Waals surface area contributed by atoms with Crippen molar-refractivity contribution in [1.82, 2.24) is 14.8 Å². The number of rotatable bonds is 4. The van der Waals surface area contributed by atoms with Crippen LogP contribution in [0.25, 0.3) is 0 Å². The molecule has 1 N–H and O–H groups in total. The number of H-pyrrole nitrogens is 1. The van der Waals surface area contributed by atoms with Gasteiger partial charge in [-0.3, -0.25) is 14.4 Å². The maximum Gasteiger partial charge on any atom is 0.255 e. The summed E-state index contributed by atoms with van der Waals surface area (Å²) in [5.41, 5.74) is 1.15. The second-order valence-corrected chi connectivity index (χ2v) is 6.49. The first-order chi connectivity index (χ1) is 13.1. The molecule has 0 aliphatic carbocycles. The van der Waals surface area contributed by atoms with E-state index in [2.05, 4.69) is 4.98 Å². The minimum atomic E-state index is -0.238. The lowest BCUT2D eigenvalue weighted by molar-refractivity contribution is -0.130. The van der Waals surface area contributed by atoms with Gasteiger partial charge in [0.1, 0.15) is 5.75 Å². The number of methoxy groups -OCH3 is 1. The molecule has 2 aromatic rings. The molecule has 1 aromatic heterocycles. The molecule has 1 aliphatic rings. The number of aromatic nitrogens is 1. The van der Waals surface area contributed by atoms with Crippen molar-refractivity contribution in [2.45, 2.75) is 12.8 Å². The highest BCUT2D eigenvalue weighted by Crippen LogP contribution is 2.14. The van der Waals surface area contributed by atoms with E-state index in [1.165, 1.54) is 18.3 Å². The maximum absolute atomic E-state index is 12.6. The zero-order valence-electron chi connectivity index (χ0n) is 15.3. The van der Waals surface area contributed by atoms with Crippen LogP contribution >= 0.6 is 0 Å². The molecule has 1 aliphatic heterocycles. The van der Waals surface area contributed by atoms with Gasteiger partial charge in [0.2, 0.25) is 11.5 Å². The number of ether oxygens (including phenoxy) is 1. The Balaban J connectivity index is 1.58. The molecule has 7 nitrogen and oxygen atoms in total.